The van der Waals surface area contributed by atoms with E-state index < -0.39 is 10.0 Å². The van der Waals surface area contributed by atoms with E-state index >= 15 is 0 Å². The highest BCUT2D eigenvalue weighted by Gasteiger charge is 2.22. The van der Waals surface area contributed by atoms with Gasteiger partial charge >= 0.3 is 0 Å². The molecule has 0 atom stereocenters. The van der Waals surface area contributed by atoms with E-state index in [1.165, 1.54) is 11.3 Å². The summed E-state index contributed by atoms with van der Waals surface area (Å²) in [6, 6.07) is 7.19. The van der Waals surface area contributed by atoms with Crippen molar-refractivity contribution in [1.29, 1.82) is 0 Å². The van der Waals surface area contributed by atoms with E-state index in [4.69, 9.17) is 11.6 Å². The van der Waals surface area contributed by atoms with Crippen LogP contribution in [-0.4, -0.2) is 15.5 Å². The lowest BCUT2D eigenvalue weighted by Gasteiger charge is -2.10. The van der Waals surface area contributed by atoms with Gasteiger partial charge in [0.05, 0.1) is 0 Å². The second-order valence-electron chi connectivity index (χ2n) is 4.62. The molecule has 2 aromatic rings. The first kappa shape index (κ1) is 16.5. The number of thiophene rings is 1. The average molecular weight is 345 g/mol. The van der Waals surface area contributed by atoms with Gasteiger partial charge in [-0.3, -0.25) is 0 Å². The number of sulfonamides is 1. The van der Waals surface area contributed by atoms with Gasteiger partial charge in [-0.1, -0.05) is 29.8 Å². The van der Waals surface area contributed by atoms with Gasteiger partial charge in [-0.25, -0.2) is 13.1 Å². The fraction of sp³-hybridized carbons (Fsp3) is 0.286. The topological polar surface area (TPSA) is 58.2 Å². The summed E-state index contributed by atoms with van der Waals surface area (Å²) in [7, 11) is -1.76. The SMILES string of the molecule is CNCc1scc(C)c1S(=O)(=O)NCc1ccccc1Cl. The summed E-state index contributed by atoms with van der Waals surface area (Å²) >= 11 is 7.49. The van der Waals surface area contributed by atoms with E-state index in [-0.39, 0.29) is 6.54 Å². The molecule has 0 saturated heterocycles. The summed E-state index contributed by atoms with van der Waals surface area (Å²) < 4.78 is 27.7. The molecule has 0 unspecified atom stereocenters. The van der Waals surface area contributed by atoms with Gasteiger partial charge < -0.3 is 5.32 Å². The monoisotopic (exact) mass is 344 g/mol. The quantitative estimate of drug-likeness (QED) is 0.847. The first-order valence-corrected chi connectivity index (χ1v) is 9.14. The summed E-state index contributed by atoms with van der Waals surface area (Å²) in [5, 5.41) is 5.40. The van der Waals surface area contributed by atoms with Crippen molar-refractivity contribution in [2.24, 2.45) is 0 Å². The lowest BCUT2D eigenvalue weighted by molar-refractivity contribution is 0.579. The van der Waals surface area contributed by atoms with E-state index in [2.05, 4.69) is 10.0 Å². The molecule has 1 heterocycles. The molecule has 114 valence electrons. The van der Waals surface area contributed by atoms with Crippen molar-refractivity contribution in [3.63, 3.8) is 0 Å². The van der Waals surface area contributed by atoms with Crippen LogP contribution in [0.3, 0.4) is 0 Å². The largest absolute Gasteiger partial charge is 0.315 e. The Morgan fingerprint density at radius 1 is 1.24 bits per heavy atom. The van der Waals surface area contributed by atoms with Crippen LogP contribution in [0, 0.1) is 6.92 Å². The van der Waals surface area contributed by atoms with Crippen molar-refractivity contribution in [3.8, 4) is 0 Å². The molecule has 0 aliphatic carbocycles. The molecule has 0 radical (unpaired) electrons. The van der Waals surface area contributed by atoms with Crippen LogP contribution in [-0.2, 0) is 23.1 Å². The molecule has 7 heteroatoms. The molecule has 1 aromatic carbocycles. The number of hydrogen-bond acceptors (Lipinski definition) is 4. The van der Waals surface area contributed by atoms with Crippen LogP contribution < -0.4 is 10.0 Å². The molecular weight excluding hydrogens is 328 g/mol. The Morgan fingerprint density at radius 2 is 1.95 bits per heavy atom. The highest BCUT2D eigenvalue weighted by molar-refractivity contribution is 7.89. The molecule has 1 aromatic heterocycles. The molecule has 0 fully saturated rings. The maximum atomic E-state index is 12.5. The zero-order chi connectivity index (χ0) is 15.5. The summed E-state index contributed by atoms with van der Waals surface area (Å²) in [6.07, 6.45) is 0. The smallest absolute Gasteiger partial charge is 0.242 e. The van der Waals surface area contributed by atoms with Crippen LogP contribution >= 0.6 is 22.9 Å². The molecule has 0 amide bonds. The highest BCUT2D eigenvalue weighted by atomic mass is 35.5. The predicted octanol–water partition coefficient (Wildman–Crippen LogP) is 2.91. The van der Waals surface area contributed by atoms with Crippen LogP contribution in [0.25, 0.3) is 0 Å². The van der Waals surface area contributed by atoms with Gasteiger partial charge in [0.1, 0.15) is 4.90 Å². The third-order valence-electron chi connectivity index (χ3n) is 3.01. The standard InChI is InChI=1S/C14H17ClN2O2S2/c1-10-9-20-13(8-16-2)14(10)21(18,19)17-7-11-5-3-4-6-12(11)15/h3-6,9,16-17H,7-8H2,1-2H3. The Morgan fingerprint density at radius 3 is 2.62 bits per heavy atom. The Labute approximate surface area is 134 Å². The molecule has 0 saturated carbocycles. The van der Waals surface area contributed by atoms with Crippen molar-refractivity contribution in [2.45, 2.75) is 24.9 Å². The van der Waals surface area contributed by atoms with Crippen LogP contribution in [0.5, 0.6) is 0 Å². The number of hydrogen-bond donors (Lipinski definition) is 2. The van der Waals surface area contributed by atoms with Gasteiger partial charge in [-0.15, -0.1) is 11.3 Å². The molecule has 0 aliphatic heterocycles. The second-order valence-corrected chi connectivity index (χ2v) is 7.69. The minimum Gasteiger partial charge on any atom is -0.315 e. The lowest BCUT2D eigenvalue weighted by atomic mass is 10.2. The molecular formula is C14H17ClN2O2S2. The third kappa shape index (κ3) is 3.84. The summed E-state index contributed by atoms with van der Waals surface area (Å²) in [4.78, 5) is 1.18. The normalized spacial score (nSPS) is 11.8. The van der Waals surface area contributed by atoms with Crippen LogP contribution in [0.2, 0.25) is 5.02 Å². The van der Waals surface area contributed by atoms with Gasteiger partial charge in [0.2, 0.25) is 10.0 Å². The Balaban J connectivity index is 2.23. The van der Waals surface area contributed by atoms with E-state index in [1.54, 1.807) is 26.1 Å². The predicted molar refractivity (Wildman–Crippen MR) is 87.3 cm³/mol. The van der Waals surface area contributed by atoms with Gasteiger partial charge in [-0.05, 0) is 36.5 Å². The molecule has 21 heavy (non-hydrogen) atoms. The molecule has 0 bridgehead atoms. The van der Waals surface area contributed by atoms with E-state index in [1.807, 2.05) is 17.5 Å². The maximum Gasteiger partial charge on any atom is 0.242 e. The Kier molecular flexibility index (Phi) is 5.40. The summed E-state index contributed by atoms with van der Waals surface area (Å²) in [5.41, 5.74) is 1.52. The van der Waals surface area contributed by atoms with E-state index in [0.717, 1.165) is 16.0 Å². The number of benzene rings is 1. The molecule has 4 nitrogen and oxygen atoms in total. The van der Waals surface area contributed by atoms with Gasteiger partial charge in [0.15, 0.2) is 0 Å². The number of rotatable bonds is 6. The summed E-state index contributed by atoms with van der Waals surface area (Å²) in [6.45, 7) is 2.51. The van der Waals surface area contributed by atoms with Crippen LogP contribution in [0.15, 0.2) is 34.5 Å². The van der Waals surface area contributed by atoms with Gasteiger partial charge in [0.25, 0.3) is 0 Å². The van der Waals surface area contributed by atoms with Gasteiger partial charge in [-0.2, -0.15) is 0 Å². The second kappa shape index (κ2) is 6.89. The summed E-state index contributed by atoms with van der Waals surface area (Å²) in [5.74, 6) is 0. The number of halogens is 1. The van der Waals surface area contributed by atoms with Crippen molar-refractivity contribution in [3.05, 3.63) is 50.7 Å². The molecule has 0 spiro atoms. The van der Waals surface area contributed by atoms with Gasteiger partial charge in [0, 0.05) is 23.0 Å². The first-order valence-electron chi connectivity index (χ1n) is 6.40. The Hall–Kier alpha value is -0.920. The zero-order valence-electron chi connectivity index (χ0n) is 11.8. The van der Waals surface area contributed by atoms with Crippen molar-refractivity contribution in [1.82, 2.24) is 10.0 Å². The van der Waals surface area contributed by atoms with E-state index in [0.29, 0.717) is 16.5 Å². The van der Waals surface area contributed by atoms with E-state index in [9.17, 15) is 8.42 Å². The highest BCUT2D eigenvalue weighted by Crippen LogP contribution is 2.27. The average Bonchev–Trinajstić information content (AvgIpc) is 2.80. The molecule has 2 N–H and O–H groups in total. The number of aryl methyl sites for hydroxylation is 1. The first-order chi connectivity index (χ1) is 9.95. The van der Waals surface area contributed by atoms with Crippen LogP contribution in [0.4, 0.5) is 0 Å². The third-order valence-corrected chi connectivity index (χ3v) is 6.24. The van der Waals surface area contributed by atoms with Crippen molar-refractivity contribution < 1.29 is 8.42 Å². The minimum absolute atomic E-state index is 0.177. The zero-order valence-corrected chi connectivity index (χ0v) is 14.2. The number of nitrogens with one attached hydrogen (secondary N) is 2. The van der Waals surface area contributed by atoms with Crippen molar-refractivity contribution >= 4 is 33.0 Å². The molecule has 0 aliphatic rings. The minimum atomic E-state index is -3.55. The Bertz CT molecular complexity index is 726. The molecule has 2 rings (SSSR count). The fourth-order valence-electron chi connectivity index (χ4n) is 2.02. The van der Waals surface area contributed by atoms with Crippen LogP contribution in [0.1, 0.15) is 16.0 Å². The lowest BCUT2D eigenvalue weighted by Crippen LogP contribution is -2.25. The van der Waals surface area contributed by atoms with Crippen molar-refractivity contribution in [2.75, 3.05) is 7.05 Å². The maximum absolute atomic E-state index is 12.5. The fourth-order valence-corrected chi connectivity index (χ4v) is 5.05.